The molecule has 2 aromatic rings. The Bertz CT molecular complexity index is 1020. The molecule has 2 saturated carbocycles. The Morgan fingerprint density at radius 2 is 1.91 bits per heavy atom. The van der Waals surface area contributed by atoms with E-state index in [0.717, 1.165) is 54.1 Å². The number of aromatic nitrogens is 3. The highest BCUT2D eigenvalue weighted by molar-refractivity contribution is 5.92. The number of nitrogens with zero attached hydrogens (tertiary/aromatic N) is 3. The lowest BCUT2D eigenvalue weighted by Crippen LogP contribution is -2.29. The Morgan fingerprint density at radius 3 is 2.52 bits per heavy atom. The summed E-state index contributed by atoms with van der Waals surface area (Å²) in [7, 11) is 0. The molecular weight excluding hydrogens is 416 g/mol. The zero-order valence-electron chi connectivity index (χ0n) is 20.2. The highest BCUT2D eigenvalue weighted by atomic mass is 16.4. The molecule has 0 radical (unpaired) electrons. The fourth-order valence-corrected chi connectivity index (χ4v) is 5.24. The van der Waals surface area contributed by atoms with E-state index in [9.17, 15) is 14.7 Å². The van der Waals surface area contributed by atoms with Gasteiger partial charge in [0.1, 0.15) is 0 Å². The SMILES string of the molecule is Cc1ccc(NC(=O)C[C@H](CC(=O)O)c2nnn(C3CC(CC(C)C)C3)c2C2CC2)c(C)c1. The summed E-state index contributed by atoms with van der Waals surface area (Å²) in [6, 6.07) is 6.22. The lowest BCUT2D eigenvalue weighted by Gasteiger charge is -2.37. The van der Waals surface area contributed by atoms with E-state index in [-0.39, 0.29) is 18.7 Å². The maximum atomic E-state index is 12.9. The number of hydrogen-bond acceptors (Lipinski definition) is 4. The van der Waals surface area contributed by atoms with Crippen molar-refractivity contribution in [1.29, 1.82) is 0 Å². The van der Waals surface area contributed by atoms with E-state index in [1.807, 2.05) is 32.0 Å². The third-order valence-electron chi connectivity index (χ3n) is 6.98. The van der Waals surface area contributed by atoms with E-state index >= 15 is 0 Å². The lowest BCUT2D eigenvalue weighted by atomic mass is 9.75. The van der Waals surface area contributed by atoms with Gasteiger partial charge >= 0.3 is 5.97 Å². The molecule has 1 aromatic carbocycles. The van der Waals surface area contributed by atoms with Crippen molar-refractivity contribution in [3.05, 3.63) is 40.7 Å². The number of hydrogen-bond donors (Lipinski definition) is 2. The summed E-state index contributed by atoms with van der Waals surface area (Å²) in [5.74, 6) is 0.220. The smallest absolute Gasteiger partial charge is 0.304 e. The van der Waals surface area contributed by atoms with Crippen molar-refractivity contribution in [1.82, 2.24) is 15.0 Å². The molecule has 0 spiro atoms. The van der Waals surface area contributed by atoms with E-state index in [2.05, 4.69) is 34.2 Å². The van der Waals surface area contributed by atoms with E-state index in [1.54, 1.807) is 0 Å². The molecule has 1 heterocycles. The number of anilines is 1. The van der Waals surface area contributed by atoms with Gasteiger partial charge in [0, 0.05) is 23.9 Å². The summed E-state index contributed by atoms with van der Waals surface area (Å²) in [5.41, 5.74) is 4.67. The standard InChI is InChI=1S/C26H36N4O3/c1-15(2)9-18-11-21(12-18)30-26(19-6-7-19)25(28-29-30)20(14-24(32)33)13-23(31)27-22-8-5-16(3)10-17(22)4/h5,8,10,15,18-21H,6-7,9,11-14H2,1-4H3,(H,27,31)(H,32,33)/t18?,20-,21?/m1/s1. The third kappa shape index (κ3) is 5.63. The Kier molecular flexibility index (Phi) is 6.86. The average Bonchev–Trinajstić information content (AvgIpc) is 3.44. The van der Waals surface area contributed by atoms with Crippen molar-refractivity contribution < 1.29 is 14.7 Å². The van der Waals surface area contributed by atoms with Crippen molar-refractivity contribution in [2.45, 2.75) is 90.5 Å². The van der Waals surface area contributed by atoms with E-state index in [1.165, 1.54) is 6.42 Å². The Hall–Kier alpha value is -2.70. The molecule has 33 heavy (non-hydrogen) atoms. The van der Waals surface area contributed by atoms with Crippen LogP contribution in [0.25, 0.3) is 0 Å². The molecule has 178 valence electrons. The minimum atomic E-state index is -0.920. The van der Waals surface area contributed by atoms with Gasteiger partial charge in [-0.25, -0.2) is 4.68 Å². The predicted octanol–water partition coefficient (Wildman–Crippen LogP) is 5.36. The van der Waals surface area contributed by atoms with Crippen molar-refractivity contribution in [3.8, 4) is 0 Å². The summed E-state index contributed by atoms with van der Waals surface area (Å²) < 4.78 is 2.07. The minimum absolute atomic E-state index is 0.0820. The zero-order valence-corrected chi connectivity index (χ0v) is 20.2. The number of nitrogens with one attached hydrogen (secondary N) is 1. The minimum Gasteiger partial charge on any atom is -0.481 e. The van der Waals surface area contributed by atoms with Gasteiger partial charge in [-0.3, -0.25) is 9.59 Å². The molecule has 2 aliphatic carbocycles. The fraction of sp³-hybridized carbons (Fsp3) is 0.615. The normalized spacial score (nSPS) is 21.0. The summed E-state index contributed by atoms with van der Waals surface area (Å²) in [6.07, 6.45) is 5.57. The van der Waals surface area contributed by atoms with Gasteiger partial charge in [0.15, 0.2) is 0 Å². The number of aryl methyl sites for hydroxylation is 2. The number of benzene rings is 1. The molecule has 1 aromatic heterocycles. The van der Waals surface area contributed by atoms with Gasteiger partial charge < -0.3 is 10.4 Å². The van der Waals surface area contributed by atoms with Crippen molar-refractivity contribution in [2.24, 2.45) is 11.8 Å². The second kappa shape index (κ2) is 9.65. The number of rotatable bonds is 10. The topological polar surface area (TPSA) is 97.1 Å². The first-order valence-corrected chi connectivity index (χ1v) is 12.2. The molecule has 0 bridgehead atoms. The van der Waals surface area contributed by atoms with Gasteiger partial charge in [-0.05, 0) is 69.4 Å². The molecule has 7 nitrogen and oxygen atoms in total. The second-order valence-electron chi connectivity index (χ2n) is 10.6. The fourth-order valence-electron chi connectivity index (χ4n) is 5.24. The van der Waals surface area contributed by atoms with Crippen LogP contribution in [-0.4, -0.2) is 32.0 Å². The number of carbonyl (C=O) groups is 2. The molecule has 0 unspecified atom stereocenters. The van der Waals surface area contributed by atoms with Crippen LogP contribution in [0, 0.1) is 25.7 Å². The molecule has 4 rings (SSSR count). The molecule has 0 aliphatic heterocycles. The number of carbonyl (C=O) groups excluding carboxylic acids is 1. The highest BCUT2D eigenvalue weighted by Crippen LogP contribution is 2.48. The van der Waals surface area contributed by atoms with Crippen LogP contribution >= 0.6 is 0 Å². The first kappa shape index (κ1) is 23.5. The molecule has 2 N–H and O–H groups in total. The molecule has 2 aliphatic rings. The van der Waals surface area contributed by atoms with Crippen LogP contribution in [0.2, 0.25) is 0 Å². The van der Waals surface area contributed by atoms with Gasteiger partial charge in [-0.2, -0.15) is 0 Å². The summed E-state index contributed by atoms with van der Waals surface area (Å²) >= 11 is 0. The Labute approximate surface area is 196 Å². The van der Waals surface area contributed by atoms with Crippen LogP contribution in [0.1, 0.15) is 99.2 Å². The van der Waals surface area contributed by atoms with E-state index in [4.69, 9.17) is 0 Å². The van der Waals surface area contributed by atoms with E-state index in [0.29, 0.717) is 23.6 Å². The van der Waals surface area contributed by atoms with Crippen molar-refractivity contribution >= 4 is 17.6 Å². The van der Waals surface area contributed by atoms with Crippen molar-refractivity contribution in [3.63, 3.8) is 0 Å². The van der Waals surface area contributed by atoms with Gasteiger partial charge in [-0.1, -0.05) is 36.8 Å². The molecule has 1 amide bonds. The monoisotopic (exact) mass is 452 g/mol. The molecule has 7 heteroatoms. The summed E-state index contributed by atoms with van der Waals surface area (Å²) in [6.45, 7) is 8.49. The second-order valence-corrected chi connectivity index (χ2v) is 10.6. The number of carboxylic acids is 1. The lowest BCUT2D eigenvalue weighted by molar-refractivity contribution is -0.137. The Morgan fingerprint density at radius 1 is 1.18 bits per heavy atom. The summed E-state index contributed by atoms with van der Waals surface area (Å²) in [5, 5.41) is 21.5. The maximum Gasteiger partial charge on any atom is 0.304 e. The molecule has 0 saturated heterocycles. The first-order chi connectivity index (χ1) is 15.7. The van der Waals surface area contributed by atoms with E-state index < -0.39 is 11.9 Å². The zero-order chi connectivity index (χ0) is 23.7. The first-order valence-electron chi connectivity index (χ1n) is 12.2. The number of amides is 1. The number of carboxylic acid groups (broad SMARTS) is 1. The van der Waals surface area contributed by atoms with Crippen LogP contribution in [0.5, 0.6) is 0 Å². The highest BCUT2D eigenvalue weighted by Gasteiger charge is 2.40. The maximum absolute atomic E-state index is 12.9. The van der Waals surface area contributed by atoms with Gasteiger partial charge in [-0.15, -0.1) is 5.10 Å². The third-order valence-corrected chi connectivity index (χ3v) is 6.98. The molecular formula is C26H36N4O3. The molecule has 1 atom stereocenters. The van der Waals surface area contributed by atoms with Gasteiger partial charge in [0.05, 0.1) is 23.9 Å². The molecule has 2 fully saturated rings. The largest absolute Gasteiger partial charge is 0.481 e. The number of aliphatic carboxylic acids is 1. The van der Waals surface area contributed by atoms with Crippen LogP contribution in [0.3, 0.4) is 0 Å². The van der Waals surface area contributed by atoms with Crippen LogP contribution in [0.15, 0.2) is 18.2 Å². The van der Waals surface area contributed by atoms with Gasteiger partial charge in [0.2, 0.25) is 5.91 Å². The van der Waals surface area contributed by atoms with Gasteiger partial charge in [0.25, 0.3) is 0 Å². The van der Waals surface area contributed by atoms with Crippen LogP contribution in [-0.2, 0) is 9.59 Å². The quantitative estimate of drug-likeness (QED) is 0.506. The summed E-state index contributed by atoms with van der Waals surface area (Å²) in [4.78, 5) is 24.6. The van der Waals surface area contributed by atoms with Crippen LogP contribution in [0.4, 0.5) is 5.69 Å². The average molecular weight is 453 g/mol. The predicted molar refractivity (Wildman–Crippen MR) is 127 cm³/mol. The van der Waals surface area contributed by atoms with Crippen molar-refractivity contribution in [2.75, 3.05) is 5.32 Å². The van der Waals surface area contributed by atoms with Crippen LogP contribution < -0.4 is 5.32 Å². The Balaban J connectivity index is 1.52.